The van der Waals surface area contributed by atoms with Gasteiger partial charge in [0, 0.05) is 6.42 Å². The summed E-state index contributed by atoms with van der Waals surface area (Å²) >= 11 is 0. The van der Waals surface area contributed by atoms with Crippen molar-refractivity contribution in [3.05, 3.63) is 0 Å². The molecule has 78 valence electrons. The van der Waals surface area contributed by atoms with Crippen molar-refractivity contribution in [2.75, 3.05) is 20.1 Å². The van der Waals surface area contributed by atoms with Gasteiger partial charge in [0.2, 0.25) is 0 Å². The normalized spacial score (nSPS) is 16.5. The minimum Gasteiger partial charge on any atom is -0.481 e. The molecule has 0 bridgehead atoms. The topological polar surface area (TPSA) is 40.5 Å². The summed E-state index contributed by atoms with van der Waals surface area (Å²) in [5.74, 6) is -0.693. The van der Waals surface area contributed by atoms with Gasteiger partial charge in [-0.25, -0.2) is 0 Å². The van der Waals surface area contributed by atoms with Crippen molar-refractivity contribution in [3.8, 4) is 0 Å². The molecule has 1 aliphatic rings. The third-order valence-corrected chi connectivity index (χ3v) is 2.07. The number of carboxylic acid groups (broad SMARTS) is 1. The predicted molar refractivity (Wildman–Crippen MR) is 53.9 cm³/mol. The smallest absolute Gasteiger partial charge is 0.303 e. The highest BCUT2D eigenvalue weighted by Crippen LogP contribution is 2.02. The first kappa shape index (κ1) is 12.4. The lowest BCUT2D eigenvalue weighted by Gasteiger charge is -2.01. The maximum atomic E-state index is 9.76. The molecule has 0 unspecified atom stereocenters. The van der Waals surface area contributed by atoms with Crippen LogP contribution >= 0.6 is 0 Å². The molecule has 3 nitrogen and oxygen atoms in total. The van der Waals surface area contributed by atoms with Crippen LogP contribution in [0.15, 0.2) is 0 Å². The van der Waals surface area contributed by atoms with Crippen molar-refractivity contribution in [1.29, 1.82) is 0 Å². The Hall–Kier alpha value is -0.570. The third kappa shape index (κ3) is 9.34. The van der Waals surface area contributed by atoms with Crippen LogP contribution in [0.2, 0.25) is 0 Å². The zero-order valence-corrected chi connectivity index (χ0v) is 8.75. The molecule has 0 saturated carbocycles. The van der Waals surface area contributed by atoms with Crippen LogP contribution in [0.25, 0.3) is 0 Å². The van der Waals surface area contributed by atoms with E-state index >= 15 is 0 Å². The number of nitrogens with zero attached hydrogens (tertiary/aromatic N) is 1. The van der Waals surface area contributed by atoms with Crippen LogP contribution in [0.5, 0.6) is 0 Å². The van der Waals surface area contributed by atoms with Gasteiger partial charge in [-0.2, -0.15) is 0 Å². The molecule has 1 saturated heterocycles. The number of carboxylic acids is 1. The van der Waals surface area contributed by atoms with E-state index in [1.165, 1.54) is 25.9 Å². The number of hydrogen-bond donors (Lipinski definition) is 1. The molecule has 1 fully saturated rings. The molecule has 1 aliphatic heterocycles. The Morgan fingerprint density at radius 3 is 2.08 bits per heavy atom. The molecule has 0 aliphatic carbocycles. The highest BCUT2D eigenvalue weighted by Gasteiger charge is 2.03. The summed E-state index contributed by atoms with van der Waals surface area (Å²) in [7, 11) is 2.17. The van der Waals surface area contributed by atoms with Gasteiger partial charge in [0.25, 0.3) is 0 Å². The van der Waals surface area contributed by atoms with Gasteiger partial charge in [-0.1, -0.05) is 13.3 Å². The minimum atomic E-state index is -0.693. The first-order chi connectivity index (χ1) is 6.16. The van der Waals surface area contributed by atoms with Crippen LogP contribution in [0.4, 0.5) is 0 Å². The van der Waals surface area contributed by atoms with Gasteiger partial charge in [0.15, 0.2) is 0 Å². The van der Waals surface area contributed by atoms with Crippen molar-refractivity contribution in [3.63, 3.8) is 0 Å². The predicted octanol–water partition coefficient (Wildman–Crippen LogP) is 1.97. The average Bonchev–Trinajstić information content (AvgIpc) is 2.53. The molecule has 0 amide bonds. The van der Waals surface area contributed by atoms with E-state index in [-0.39, 0.29) is 0 Å². The zero-order valence-electron chi connectivity index (χ0n) is 8.75. The van der Waals surface area contributed by atoms with E-state index in [9.17, 15) is 4.79 Å². The first-order valence-corrected chi connectivity index (χ1v) is 5.07. The van der Waals surface area contributed by atoms with Crippen LogP contribution < -0.4 is 0 Å². The highest BCUT2D eigenvalue weighted by atomic mass is 16.4. The molecule has 0 atom stereocenters. The molecule has 0 radical (unpaired) electrons. The van der Waals surface area contributed by atoms with Gasteiger partial charge < -0.3 is 10.0 Å². The summed E-state index contributed by atoms with van der Waals surface area (Å²) in [6.07, 6.45) is 4.91. The number of aliphatic carboxylic acids is 1. The van der Waals surface area contributed by atoms with Crippen LogP contribution in [0, 0.1) is 0 Å². The van der Waals surface area contributed by atoms with Crippen molar-refractivity contribution >= 4 is 5.97 Å². The monoisotopic (exact) mass is 187 g/mol. The van der Waals surface area contributed by atoms with Gasteiger partial charge in [-0.3, -0.25) is 4.79 Å². The second kappa shape index (κ2) is 8.05. The molecule has 1 N–H and O–H groups in total. The van der Waals surface area contributed by atoms with E-state index < -0.39 is 5.97 Å². The van der Waals surface area contributed by atoms with Crippen molar-refractivity contribution in [2.45, 2.75) is 39.0 Å². The fourth-order valence-electron chi connectivity index (χ4n) is 1.20. The molecule has 3 heteroatoms. The molecule has 13 heavy (non-hydrogen) atoms. The minimum absolute atomic E-state index is 0.316. The number of hydrogen-bond acceptors (Lipinski definition) is 2. The van der Waals surface area contributed by atoms with Crippen LogP contribution in [0.3, 0.4) is 0 Å². The Morgan fingerprint density at radius 2 is 1.92 bits per heavy atom. The van der Waals surface area contributed by atoms with Crippen LogP contribution in [-0.4, -0.2) is 36.1 Å². The summed E-state index contributed by atoms with van der Waals surface area (Å²) in [5.41, 5.74) is 0. The summed E-state index contributed by atoms with van der Waals surface area (Å²) < 4.78 is 0. The lowest BCUT2D eigenvalue weighted by Crippen LogP contribution is -2.10. The molecular weight excluding hydrogens is 166 g/mol. The first-order valence-electron chi connectivity index (χ1n) is 5.07. The van der Waals surface area contributed by atoms with Gasteiger partial charge in [0.05, 0.1) is 0 Å². The van der Waals surface area contributed by atoms with Gasteiger partial charge in [0.1, 0.15) is 0 Å². The SMILES string of the molecule is CCCCC(=O)O.CN1CCCC1. The van der Waals surface area contributed by atoms with Gasteiger partial charge in [-0.15, -0.1) is 0 Å². The standard InChI is InChI=1S/C5H11N.C5H10O2/c1-6-4-2-3-5-6;1-2-3-4-5(6)7/h2-5H2,1H3;2-4H2,1H3,(H,6,7). The fraction of sp³-hybridized carbons (Fsp3) is 0.900. The van der Waals surface area contributed by atoms with Gasteiger partial charge in [-0.05, 0) is 39.4 Å². The Bertz CT molecular complexity index is 131. The van der Waals surface area contributed by atoms with Crippen LogP contribution in [-0.2, 0) is 4.79 Å². The van der Waals surface area contributed by atoms with E-state index in [4.69, 9.17) is 5.11 Å². The third-order valence-electron chi connectivity index (χ3n) is 2.07. The van der Waals surface area contributed by atoms with E-state index in [2.05, 4.69) is 11.9 Å². The van der Waals surface area contributed by atoms with Crippen molar-refractivity contribution in [1.82, 2.24) is 4.90 Å². The second-order valence-electron chi connectivity index (χ2n) is 3.51. The van der Waals surface area contributed by atoms with E-state index in [0.29, 0.717) is 6.42 Å². The quantitative estimate of drug-likeness (QED) is 0.734. The Morgan fingerprint density at radius 1 is 1.38 bits per heavy atom. The highest BCUT2D eigenvalue weighted by molar-refractivity contribution is 5.66. The lowest BCUT2D eigenvalue weighted by molar-refractivity contribution is -0.137. The maximum absolute atomic E-state index is 9.76. The second-order valence-corrected chi connectivity index (χ2v) is 3.51. The van der Waals surface area contributed by atoms with Crippen molar-refractivity contribution in [2.24, 2.45) is 0 Å². The molecule has 0 aromatic rings. The van der Waals surface area contributed by atoms with E-state index in [0.717, 1.165) is 12.8 Å². The largest absolute Gasteiger partial charge is 0.481 e. The molecule has 1 rings (SSSR count). The Balaban J connectivity index is 0.000000223. The number of rotatable bonds is 3. The number of carbonyl (C=O) groups is 1. The summed E-state index contributed by atoms with van der Waals surface area (Å²) in [4.78, 5) is 12.1. The molecule has 0 aromatic heterocycles. The van der Waals surface area contributed by atoms with Crippen molar-refractivity contribution < 1.29 is 9.90 Å². The molecule has 0 spiro atoms. The molecule has 0 aromatic carbocycles. The summed E-state index contributed by atoms with van der Waals surface area (Å²) in [6, 6.07) is 0. The maximum Gasteiger partial charge on any atom is 0.303 e. The molecule has 1 heterocycles. The average molecular weight is 187 g/mol. The van der Waals surface area contributed by atoms with E-state index in [1.54, 1.807) is 0 Å². The summed E-state index contributed by atoms with van der Waals surface area (Å²) in [5, 5.41) is 8.04. The zero-order chi connectivity index (χ0) is 10.1. The Labute approximate surface area is 80.7 Å². The number of unbranched alkanes of at least 4 members (excludes halogenated alkanes) is 1. The lowest BCUT2D eigenvalue weighted by atomic mass is 10.3. The Kier molecular flexibility index (Phi) is 7.69. The van der Waals surface area contributed by atoms with Gasteiger partial charge >= 0.3 is 5.97 Å². The number of likely N-dealkylation sites (tertiary alicyclic amines) is 1. The van der Waals surface area contributed by atoms with E-state index in [1.807, 2.05) is 6.92 Å². The van der Waals surface area contributed by atoms with Crippen LogP contribution in [0.1, 0.15) is 39.0 Å². The summed E-state index contributed by atoms with van der Waals surface area (Å²) in [6.45, 7) is 4.61. The fourth-order valence-corrected chi connectivity index (χ4v) is 1.20. The molecular formula is C10H21NO2.